The fourth-order valence-corrected chi connectivity index (χ4v) is 3.83. The SMILES string of the molecule is COC(CNC(=O)Cc1cccc2ccccc12)c1ccc(Cl)s1. The van der Waals surface area contributed by atoms with Crippen LogP contribution in [0.4, 0.5) is 0 Å². The topological polar surface area (TPSA) is 38.3 Å². The number of carbonyl (C=O) groups excluding carboxylic acids is 1. The van der Waals surface area contributed by atoms with Gasteiger partial charge in [-0.3, -0.25) is 4.79 Å². The van der Waals surface area contributed by atoms with E-state index in [4.69, 9.17) is 16.3 Å². The molecule has 0 aliphatic heterocycles. The first-order valence-corrected chi connectivity index (χ1v) is 8.88. The Morgan fingerprint density at radius 1 is 1.17 bits per heavy atom. The van der Waals surface area contributed by atoms with Gasteiger partial charge >= 0.3 is 0 Å². The number of hydrogen-bond donors (Lipinski definition) is 1. The van der Waals surface area contributed by atoms with Crippen LogP contribution in [0.25, 0.3) is 10.8 Å². The predicted molar refractivity (Wildman–Crippen MR) is 99.7 cm³/mol. The predicted octanol–water partition coefficient (Wildman–Crippen LogP) is 4.60. The van der Waals surface area contributed by atoms with Crippen LogP contribution in [0.5, 0.6) is 0 Å². The van der Waals surface area contributed by atoms with Crippen molar-refractivity contribution in [1.29, 1.82) is 0 Å². The highest BCUT2D eigenvalue weighted by Gasteiger charge is 2.15. The number of methoxy groups -OCH3 is 1. The zero-order valence-electron chi connectivity index (χ0n) is 13.3. The van der Waals surface area contributed by atoms with E-state index in [0.29, 0.717) is 17.3 Å². The molecule has 1 aromatic heterocycles. The smallest absolute Gasteiger partial charge is 0.224 e. The average molecular weight is 360 g/mol. The molecule has 0 saturated carbocycles. The molecule has 0 bridgehead atoms. The van der Waals surface area contributed by atoms with Gasteiger partial charge in [0.2, 0.25) is 5.91 Å². The molecule has 0 spiro atoms. The van der Waals surface area contributed by atoms with Gasteiger partial charge in [0, 0.05) is 18.5 Å². The molecule has 24 heavy (non-hydrogen) atoms. The van der Waals surface area contributed by atoms with Gasteiger partial charge in [0.1, 0.15) is 6.10 Å². The van der Waals surface area contributed by atoms with E-state index in [9.17, 15) is 4.79 Å². The van der Waals surface area contributed by atoms with Crippen molar-refractivity contribution in [3.05, 3.63) is 69.4 Å². The number of halogens is 1. The summed E-state index contributed by atoms with van der Waals surface area (Å²) in [5.41, 5.74) is 1.03. The van der Waals surface area contributed by atoms with Gasteiger partial charge in [0.15, 0.2) is 0 Å². The van der Waals surface area contributed by atoms with Crippen LogP contribution in [0.2, 0.25) is 4.34 Å². The summed E-state index contributed by atoms with van der Waals surface area (Å²) in [6.45, 7) is 0.428. The summed E-state index contributed by atoms with van der Waals surface area (Å²) in [5, 5.41) is 5.21. The van der Waals surface area contributed by atoms with Gasteiger partial charge in [-0.1, -0.05) is 54.1 Å². The summed E-state index contributed by atoms with van der Waals surface area (Å²) in [4.78, 5) is 13.3. The van der Waals surface area contributed by atoms with Crippen LogP contribution in [0.3, 0.4) is 0 Å². The first kappa shape index (κ1) is 17.0. The fraction of sp³-hybridized carbons (Fsp3) is 0.211. The first-order chi connectivity index (χ1) is 11.7. The summed E-state index contributed by atoms with van der Waals surface area (Å²) in [7, 11) is 1.63. The molecule has 1 atom stereocenters. The van der Waals surface area contributed by atoms with Crippen LogP contribution in [-0.4, -0.2) is 19.6 Å². The Kier molecular flexibility index (Phi) is 5.51. The molecule has 3 aromatic rings. The van der Waals surface area contributed by atoms with E-state index in [0.717, 1.165) is 21.2 Å². The van der Waals surface area contributed by atoms with Gasteiger partial charge < -0.3 is 10.1 Å². The molecule has 1 heterocycles. The van der Waals surface area contributed by atoms with Gasteiger partial charge in [0.05, 0.1) is 10.8 Å². The maximum atomic E-state index is 12.3. The van der Waals surface area contributed by atoms with Crippen molar-refractivity contribution in [1.82, 2.24) is 5.32 Å². The molecule has 1 N–H and O–H groups in total. The molecule has 3 rings (SSSR count). The normalized spacial score (nSPS) is 12.2. The van der Waals surface area contributed by atoms with E-state index in [-0.39, 0.29) is 12.0 Å². The van der Waals surface area contributed by atoms with Crippen molar-refractivity contribution in [2.45, 2.75) is 12.5 Å². The van der Waals surface area contributed by atoms with E-state index < -0.39 is 0 Å². The molecule has 1 amide bonds. The number of amides is 1. The molecular weight excluding hydrogens is 342 g/mol. The second-order valence-corrected chi connectivity index (χ2v) is 7.23. The van der Waals surface area contributed by atoms with Crippen molar-refractivity contribution < 1.29 is 9.53 Å². The Hall–Kier alpha value is -1.88. The van der Waals surface area contributed by atoms with Gasteiger partial charge in [-0.15, -0.1) is 11.3 Å². The van der Waals surface area contributed by atoms with Crippen molar-refractivity contribution in [3.63, 3.8) is 0 Å². The number of thiophene rings is 1. The van der Waals surface area contributed by atoms with E-state index in [1.54, 1.807) is 7.11 Å². The number of hydrogen-bond acceptors (Lipinski definition) is 3. The van der Waals surface area contributed by atoms with Crippen LogP contribution in [0.1, 0.15) is 16.5 Å². The fourth-order valence-electron chi connectivity index (χ4n) is 2.69. The summed E-state index contributed by atoms with van der Waals surface area (Å²) in [5.74, 6) is -0.0175. The minimum absolute atomic E-state index is 0.0175. The Balaban J connectivity index is 1.64. The zero-order chi connectivity index (χ0) is 16.9. The summed E-state index contributed by atoms with van der Waals surface area (Å²) >= 11 is 7.43. The maximum Gasteiger partial charge on any atom is 0.224 e. The lowest BCUT2D eigenvalue weighted by molar-refractivity contribution is -0.121. The quantitative estimate of drug-likeness (QED) is 0.698. The minimum atomic E-state index is -0.182. The molecule has 0 aliphatic rings. The second kappa shape index (κ2) is 7.79. The van der Waals surface area contributed by atoms with Crippen LogP contribution >= 0.6 is 22.9 Å². The van der Waals surface area contributed by atoms with Gasteiger partial charge in [0.25, 0.3) is 0 Å². The molecule has 2 aromatic carbocycles. The van der Waals surface area contributed by atoms with E-state index in [1.165, 1.54) is 11.3 Å². The van der Waals surface area contributed by atoms with Crippen LogP contribution in [-0.2, 0) is 16.0 Å². The lowest BCUT2D eigenvalue weighted by atomic mass is 10.0. The Bertz CT molecular complexity index is 841. The molecule has 0 saturated heterocycles. The van der Waals surface area contributed by atoms with Gasteiger partial charge in [-0.25, -0.2) is 0 Å². The number of carbonyl (C=O) groups is 1. The third kappa shape index (κ3) is 3.96. The monoisotopic (exact) mass is 359 g/mol. The highest BCUT2D eigenvalue weighted by molar-refractivity contribution is 7.16. The Morgan fingerprint density at radius 2 is 1.96 bits per heavy atom. The largest absolute Gasteiger partial charge is 0.374 e. The second-order valence-electron chi connectivity index (χ2n) is 5.49. The minimum Gasteiger partial charge on any atom is -0.374 e. The summed E-state index contributed by atoms with van der Waals surface area (Å²) < 4.78 is 6.17. The lowest BCUT2D eigenvalue weighted by Gasteiger charge is -2.15. The van der Waals surface area contributed by atoms with Crippen LogP contribution in [0, 0.1) is 0 Å². The van der Waals surface area contributed by atoms with Gasteiger partial charge in [-0.05, 0) is 28.5 Å². The standard InChI is InChI=1S/C19H18ClNO2S/c1-23-16(17-9-10-18(20)24-17)12-21-19(22)11-14-7-4-6-13-5-2-3-8-15(13)14/h2-10,16H,11-12H2,1H3,(H,21,22). The van der Waals surface area contributed by atoms with Crippen molar-refractivity contribution >= 4 is 39.6 Å². The molecule has 0 aliphatic carbocycles. The number of benzene rings is 2. The van der Waals surface area contributed by atoms with Crippen molar-refractivity contribution in [2.24, 2.45) is 0 Å². The van der Waals surface area contributed by atoms with E-state index in [1.807, 2.05) is 42.5 Å². The summed E-state index contributed by atoms with van der Waals surface area (Å²) in [6, 6.07) is 17.9. The van der Waals surface area contributed by atoms with E-state index in [2.05, 4.69) is 17.4 Å². The lowest BCUT2D eigenvalue weighted by Crippen LogP contribution is -2.30. The number of ether oxygens (including phenoxy) is 1. The Morgan fingerprint density at radius 3 is 2.71 bits per heavy atom. The number of rotatable bonds is 6. The molecule has 0 radical (unpaired) electrons. The third-order valence-corrected chi connectivity index (χ3v) is 5.23. The first-order valence-electron chi connectivity index (χ1n) is 7.68. The molecule has 3 nitrogen and oxygen atoms in total. The van der Waals surface area contributed by atoms with E-state index >= 15 is 0 Å². The molecule has 0 fully saturated rings. The highest BCUT2D eigenvalue weighted by Crippen LogP contribution is 2.28. The molecule has 5 heteroatoms. The van der Waals surface area contributed by atoms with Crippen LogP contribution < -0.4 is 5.32 Å². The van der Waals surface area contributed by atoms with Gasteiger partial charge in [-0.2, -0.15) is 0 Å². The highest BCUT2D eigenvalue weighted by atomic mass is 35.5. The number of fused-ring (bicyclic) bond motifs is 1. The zero-order valence-corrected chi connectivity index (χ0v) is 14.9. The van der Waals surface area contributed by atoms with Crippen molar-refractivity contribution in [3.8, 4) is 0 Å². The molecular formula is C19H18ClNO2S. The average Bonchev–Trinajstić information content (AvgIpc) is 3.02. The maximum absolute atomic E-state index is 12.3. The number of nitrogens with one attached hydrogen (secondary N) is 1. The molecule has 124 valence electrons. The molecule has 1 unspecified atom stereocenters. The van der Waals surface area contributed by atoms with Crippen LogP contribution in [0.15, 0.2) is 54.6 Å². The summed E-state index contributed by atoms with van der Waals surface area (Å²) in [6.07, 6.45) is 0.169. The van der Waals surface area contributed by atoms with Crippen molar-refractivity contribution in [2.75, 3.05) is 13.7 Å². The Labute approximate surface area is 150 Å². The third-order valence-electron chi connectivity index (χ3n) is 3.91.